The first kappa shape index (κ1) is 13.6. The maximum atomic E-state index is 13.5. The number of halogens is 2. The van der Waals surface area contributed by atoms with E-state index in [2.05, 4.69) is 5.32 Å². The van der Waals surface area contributed by atoms with Gasteiger partial charge in [0.25, 0.3) is 0 Å². The maximum Gasteiger partial charge on any atom is 0.224 e. The molecule has 1 heterocycles. The second kappa shape index (κ2) is 6.38. The molecule has 3 nitrogen and oxygen atoms in total. The van der Waals surface area contributed by atoms with Crippen molar-refractivity contribution in [3.63, 3.8) is 0 Å². The van der Waals surface area contributed by atoms with Gasteiger partial charge in [0.05, 0.1) is 12.7 Å². The average molecular weight is 282 g/mol. The van der Waals surface area contributed by atoms with Crippen molar-refractivity contribution in [2.24, 2.45) is 0 Å². The van der Waals surface area contributed by atoms with Gasteiger partial charge in [-0.15, -0.1) is 0 Å². The minimum atomic E-state index is -0.464. The SMILES string of the molecule is O=C(Cc1c(F)cccc1Cl)NCCc1ccco1. The predicted molar refractivity (Wildman–Crippen MR) is 70.5 cm³/mol. The molecule has 0 saturated carbocycles. The first-order valence-electron chi connectivity index (χ1n) is 5.89. The Bertz CT molecular complexity index is 534. The average Bonchev–Trinajstić information content (AvgIpc) is 2.87. The highest BCUT2D eigenvalue weighted by molar-refractivity contribution is 6.31. The highest BCUT2D eigenvalue weighted by Crippen LogP contribution is 2.19. The highest BCUT2D eigenvalue weighted by atomic mass is 35.5. The van der Waals surface area contributed by atoms with Gasteiger partial charge in [-0.05, 0) is 24.3 Å². The van der Waals surface area contributed by atoms with Crippen LogP contribution in [0.3, 0.4) is 0 Å². The smallest absolute Gasteiger partial charge is 0.224 e. The topological polar surface area (TPSA) is 42.2 Å². The number of amides is 1. The largest absolute Gasteiger partial charge is 0.469 e. The second-order valence-corrected chi connectivity index (χ2v) is 4.46. The summed E-state index contributed by atoms with van der Waals surface area (Å²) < 4.78 is 18.6. The molecule has 1 amide bonds. The van der Waals surface area contributed by atoms with Crippen molar-refractivity contribution in [3.05, 3.63) is 58.8 Å². The third kappa shape index (κ3) is 3.83. The quantitative estimate of drug-likeness (QED) is 0.915. The fourth-order valence-corrected chi connectivity index (χ4v) is 1.93. The van der Waals surface area contributed by atoms with E-state index in [1.54, 1.807) is 18.4 Å². The minimum Gasteiger partial charge on any atom is -0.469 e. The van der Waals surface area contributed by atoms with E-state index in [1.807, 2.05) is 6.07 Å². The van der Waals surface area contributed by atoms with Crippen LogP contribution in [0, 0.1) is 5.82 Å². The molecule has 2 rings (SSSR count). The molecule has 0 radical (unpaired) electrons. The summed E-state index contributed by atoms with van der Waals surface area (Å²) in [5, 5.41) is 2.96. The van der Waals surface area contributed by atoms with Gasteiger partial charge in [0, 0.05) is 23.6 Å². The lowest BCUT2D eigenvalue weighted by Crippen LogP contribution is -2.27. The van der Waals surface area contributed by atoms with E-state index in [1.165, 1.54) is 12.1 Å². The van der Waals surface area contributed by atoms with Crippen LogP contribution in [0.25, 0.3) is 0 Å². The minimum absolute atomic E-state index is 0.0658. The molecule has 1 N–H and O–H groups in total. The molecule has 5 heteroatoms. The standard InChI is InChI=1S/C14H13ClFNO2/c15-12-4-1-5-13(16)11(12)9-14(18)17-7-6-10-3-2-8-19-10/h1-5,8H,6-7,9H2,(H,17,18). The number of rotatable bonds is 5. The van der Waals surface area contributed by atoms with Crippen LogP contribution < -0.4 is 5.32 Å². The molecule has 0 aliphatic carbocycles. The van der Waals surface area contributed by atoms with Crippen molar-refractivity contribution >= 4 is 17.5 Å². The highest BCUT2D eigenvalue weighted by Gasteiger charge is 2.11. The molecule has 0 atom stereocenters. The lowest BCUT2D eigenvalue weighted by molar-refractivity contribution is -0.120. The normalized spacial score (nSPS) is 10.4. The maximum absolute atomic E-state index is 13.5. The molecule has 0 aliphatic heterocycles. The Morgan fingerprint density at radius 2 is 2.16 bits per heavy atom. The summed E-state index contributed by atoms with van der Waals surface area (Å²) in [4.78, 5) is 11.7. The van der Waals surface area contributed by atoms with E-state index >= 15 is 0 Å². The monoisotopic (exact) mass is 281 g/mol. The zero-order valence-corrected chi connectivity index (χ0v) is 10.9. The van der Waals surface area contributed by atoms with Crippen LogP contribution in [0.1, 0.15) is 11.3 Å². The van der Waals surface area contributed by atoms with Crippen molar-refractivity contribution < 1.29 is 13.6 Å². The van der Waals surface area contributed by atoms with Crippen molar-refractivity contribution in [3.8, 4) is 0 Å². The summed E-state index contributed by atoms with van der Waals surface area (Å²) in [7, 11) is 0. The van der Waals surface area contributed by atoms with Crippen LogP contribution >= 0.6 is 11.6 Å². The van der Waals surface area contributed by atoms with Crippen molar-refractivity contribution in [2.75, 3.05) is 6.54 Å². The van der Waals surface area contributed by atoms with Crippen molar-refractivity contribution in [2.45, 2.75) is 12.8 Å². The number of hydrogen-bond donors (Lipinski definition) is 1. The van der Waals surface area contributed by atoms with E-state index in [0.717, 1.165) is 5.76 Å². The van der Waals surface area contributed by atoms with Gasteiger partial charge in [0.1, 0.15) is 11.6 Å². The van der Waals surface area contributed by atoms with Crippen LogP contribution in [0.5, 0.6) is 0 Å². The molecule has 0 saturated heterocycles. The fraction of sp³-hybridized carbons (Fsp3) is 0.214. The Balaban J connectivity index is 1.84. The van der Waals surface area contributed by atoms with Crippen LogP contribution in [-0.4, -0.2) is 12.5 Å². The number of nitrogens with one attached hydrogen (secondary N) is 1. The van der Waals surface area contributed by atoms with E-state index in [0.29, 0.717) is 13.0 Å². The number of benzene rings is 1. The van der Waals surface area contributed by atoms with Gasteiger partial charge < -0.3 is 9.73 Å². The molecule has 1 aromatic heterocycles. The molecule has 0 aliphatic rings. The predicted octanol–water partition coefficient (Wildman–Crippen LogP) is 2.97. The fourth-order valence-electron chi connectivity index (χ4n) is 1.70. The Hall–Kier alpha value is -1.81. The van der Waals surface area contributed by atoms with E-state index in [9.17, 15) is 9.18 Å². The molecule has 0 fully saturated rings. The number of carbonyl (C=O) groups excluding carboxylic acids is 1. The van der Waals surface area contributed by atoms with Gasteiger partial charge in [-0.2, -0.15) is 0 Å². The number of hydrogen-bond acceptors (Lipinski definition) is 2. The number of furan rings is 1. The molecular formula is C14H13ClFNO2. The molecule has 0 spiro atoms. The molecular weight excluding hydrogens is 269 g/mol. The molecule has 19 heavy (non-hydrogen) atoms. The van der Waals surface area contributed by atoms with Crippen LogP contribution in [0.15, 0.2) is 41.0 Å². The lowest BCUT2D eigenvalue weighted by Gasteiger charge is -2.06. The first-order chi connectivity index (χ1) is 9.16. The Kier molecular flexibility index (Phi) is 4.58. The summed E-state index contributed by atoms with van der Waals surface area (Å²) >= 11 is 5.85. The first-order valence-corrected chi connectivity index (χ1v) is 6.26. The summed E-state index contributed by atoms with van der Waals surface area (Å²) in [5.41, 5.74) is 0.222. The van der Waals surface area contributed by atoms with Crippen LogP contribution in [-0.2, 0) is 17.6 Å². The summed E-state index contributed by atoms with van der Waals surface area (Å²) in [6.45, 7) is 0.443. The number of carbonyl (C=O) groups is 1. The zero-order valence-electron chi connectivity index (χ0n) is 10.2. The molecule has 100 valence electrons. The van der Waals surface area contributed by atoms with E-state index < -0.39 is 5.82 Å². The zero-order chi connectivity index (χ0) is 13.7. The Labute approximate surface area is 115 Å². The van der Waals surface area contributed by atoms with Gasteiger partial charge in [0.15, 0.2) is 0 Å². The summed E-state index contributed by atoms with van der Waals surface area (Å²) in [6.07, 6.45) is 2.11. The van der Waals surface area contributed by atoms with Gasteiger partial charge >= 0.3 is 0 Å². The molecule has 2 aromatic rings. The van der Waals surface area contributed by atoms with Gasteiger partial charge in [0.2, 0.25) is 5.91 Å². The Morgan fingerprint density at radius 3 is 2.84 bits per heavy atom. The van der Waals surface area contributed by atoms with Crippen molar-refractivity contribution in [1.29, 1.82) is 0 Å². The summed E-state index contributed by atoms with van der Waals surface area (Å²) in [5.74, 6) is 0.0662. The van der Waals surface area contributed by atoms with Gasteiger partial charge in [-0.3, -0.25) is 4.79 Å². The molecule has 0 unspecified atom stereocenters. The molecule has 0 bridgehead atoms. The van der Waals surface area contributed by atoms with Crippen LogP contribution in [0.2, 0.25) is 5.02 Å². The van der Waals surface area contributed by atoms with Crippen molar-refractivity contribution in [1.82, 2.24) is 5.32 Å². The third-order valence-corrected chi connectivity index (χ3v) is 3.03. The van der Waals surface area contributed by atoms with Gasteiger partial charge in [-0.1, -0.05) is 17.7 Å². The van der Waals surface area contributed by atoms with Crippen LogP contribution in [0.4, 0.5) is 4.39 Å². The molecule has 1 aromatic carbocycles. The second-order valence-electron chi connectivity index (χ2n) is 4.06. The lowest BCUT2D eigenvalue weighted by atomic mass is 10.1. The summed E-state index contributed by atoms with van der Waals surface area (Å²) in [6, 6.07) is 7.99. The third-order valence-electron chi connectivity index (χ3n) is 2.67. The van der Waals surface area contributed by atoms with Gasteiger partial charge in [-0.25, -0.2) is 4.39 Å². The van der Waals surface area contributed by atoms with E-state index in [4.69, 9.17) is 16.0 Å². The van der Waals surface area contributed by atoms with E-state index in [-0.39, 0.29) is 22.9 Å². The Morgan fingerprint density at radius 1 is 1.32 bits per heavy atom.